The highest BCUT2D eigenvalue weighted by Crippen LogP contribution is 2.35. The molecule has 0 aliphatic heterocycles. The summed E-state index contributed by atoms with van der Waals surface area (Å²) in [6.07, 6.45) is 10.3. The van der Waals surface area contributed by atoms with Gasteiger partial charge in [-0.05, 0) is 31.1 Å². The van der Waals surface area contributed by atoms with Gasteiger partial charge >= 0.3 is 0 Å². The highest BCUT2D eigenvalue weighted by Gasteiger charge is 2.19. The van der Waals surface area contributed by atoms with E-state index in [4.69, 9.17) is 0 Å². The van der Waals surface area contributed by atoms with E-state index in [1.165, 1.54) is 37.1 Å². The zero-order valence-corrected chi connectivity index (χ0v) is 15.1. The molecule has 4 rings (SSSR count). The van der Waals surface area contributed by atoms with Gasteiger partial charge in [-0.2, -0.15) is 5.26 Å². The molecule has 1 fully saturated rings. The molecule has 1 aliphatic rings. The average molecular weight is 348 g/mol. The zero-order chi connectivity index (χ0) is 17.2. The van der Waals surface area contributed by atoms with Crippen molar-refractivity contribution in [1.82, 2.24) is 14.5 Å². The Bertz CT molecular complexity index is 967. The number of nitrogens with zero attached hydrogens (tertiary/aromatic N) is 4. The molecule has 0 saturated heterocycles. The standard InChI is InChI=1S/C20H20N4S/c1-24-18-10-6-5-9-17(18)23-19(24)15(12-21)11-16-13-22-20(25-16)14-7-3-2-4-8-14/h5-6,9-11,13-14H,2-4,7-8H2,1H3/b15-11-. The Morgan fingerprint density at radius 1 is 1.28 bits per heavy atom. The minimum absolute atomic E-state index is 0.581. The van der Waals surface area contributed by atoms with Crippen LogP contribution in [-0.4, -0.2) is 14.5 Å². The number of fused-ring (bicyclic) bond motifs is 1. The fraction of sp³-hybridized carbons (Fsp3) is 0.350. The van der Waals surface area contributed by atoms with Crippen LogP contribution in [0.15, 0.2) is 30.5 Å². The van der Waals surface area contributed by atoms with Crippen LogP contribution in [0.1, 0.15) is 53.7 Å². The van der Waals surface area contributed by atoms with Crippen LogP contribution in [-0.2, 0) is 7.05 Å². The number of aromatic nitrogens is 3. The minimum Gasteiger partial charge on any atom is -0.327 e. The molecule has 1 aliphatic carbocycles. The minimum atomic E-state index is 0.581. The van der Waals surface area contributed by atoms with Crippen molar-refractivity contribution in [2.75, 3.05) is 0 Å². The van der Waals surface area contributed by atoms with Crippen molar-refractivity contribution < 1.29 is 0 Å². The third-order valence-corrected chi connectivity index (χ3v) is 6.04. The number of para-hydroxylation sites is 2. The second kappa shape index (κ2) is 6.81. The van der Waals surface area contributed by atoms with Crippen molar-refractivity contribution in [2.45, 2.75) is 38.0 Å². The third-order valence-electron chi connectivity index (χ3n) is 4.93. The summed E-state index contributed by atoms with van der Waals surface area (Å²) in [6, 6.07) is 10.3. The zero-order valence-electron chi connectivity index (χ0n) is 14.3. The van der Waals surface area contributed by atoms with Crippen molar-refractivity contribution in [2.24, 2.45) is 7.05 Å². The van der Waals surface area contributed by atoms with Crippen molar-refractivity contribution >= 4 is 34.0 Å². The van der Waals surface area contributed by atoms with Crippen LogP contribution >= 0.6 is 11.3 Å². The van der Waals surface area contributed by atoms with Crippen LogP contribution in [0.5, 0.6) is 0 Å². The summed E-state index contributed by atoms with van der Waals surface area (Å²) < 4.78 is 1.98. The van der Waals surface area contributed by atoms with Crippen molar-refractivity contribution in [3.05, 3.63) is 46.2 Å². The summed E-state index contributed by atoms with van der Waals surface area (Å²) in [5.74, 6) is 1.30. The van der Waals surface area contributed by atoms with E-state index in [0.29, 0.717) is 17.3 Å². The summed E-state index contributed by atoms with van der Waals surface area (Å²) in [4.78, 5) is 10.3. The first-order valence-corrected chi connectivity index (χ1v) is 9.57. The predicted molar refractivity (Wildman–Crippen MR) is 102 cm³/mol. The molecule has 126 valence electrons. The summed E-state index contributed by atoms with van der Waals surface area (Å²) >= 11 is 1.71. The number of allylic oxidation sites excluding steroid dienone is 1. The molecule has 0 amide bonds. The fourth-order valence-electron chi connectivity index (χ4n) is 3.58. The molecule has 3 aromatic rings. The summed E-state index contributed by atoms with van der Waals surface area (Å²) in [5.41, 5.74) is 2.52. The quantitative estimate of drug-likeness (QED) is 0.616. The first-order valence-electron chi connectivity index (χ1n) is 8.75. The Morgan fingerprint density at radius 2 is 2.08 bits per heavy atom. The molecule has 0 bridgehead atoms. The lowest BCUT2D eigenvalue weighted by atomic mass is 9.90. The number of hydrogen-bond acceptors (Lipinski definition) is 4. The van der Waals surface area contributed by atoms with Crippen LogP contribution in [0.2, 0.25) is 0 Å². The van der Waals surface area contributed by atoms with Gasteiger partial charge in [0, 0.05) is 24.0 Å². The van der Waals surface area contributed by atoms with Gasteiger partial charge in [-0.1, -0.05) is 31.4 Å². The topological polar surface area (TPSA) is 54.5 Å². The van der Waals surface area contributed by atoms with Gasteiger partial charge in [0.05, 0.1) is 21.6 Å². The van der Waals surface area contributed by atoms with Crippen LogP contribution in [0, 0.1) is 11.3 Å². The van der Waals surface area contributed by atoms with Crippen molar-refractivity contribution in [3.63, 3.8) is 0 Å². The maximum atomic E-state index is 9.66. The highest BCUT2D eigenvalue weighted by molar-refractivity contribution is 7.12. The van der Waals surface area contributed by atoms with Gasteiger partial charge in [0.1, 0.15) is 6.07 Å². The number of aryl methyl sites for hydroxylation is 1. The van der Waals surface area contributed by atoms with Gasteiger partial charge < -0.3 is 4.57 Å². The number of hydrogen-bond donors (Lipinski definition) is 0. The largest absolute Gasteiger partial charge is 0.327 e. The van der Waals surface area contributed by atoms with E-state index in [1.807, 2.05) is 48.2 Å². The molecule has 0 N–H and O–H groups in total. The fourth-order valence-corrected chi connectivity index (χ4v) is 4.61. The molecule has 4 nitrogen and oxygen atoms in total. The molecule has 25 heavy (non-hydrogen) atoms. The summed E-state index contributed by atoms with van der Waals surface area (Å²) in [7, 11) is 1.95. The highest BCUT2D eigenvalue weighted by atomic mass is 32.1. The monoisotopic (exact) mass is 348 g/mol. The Hall–Kier alpha value is -2.45. The second-order valence-electron chi connectivity index (χ2n) is 6.59. The predicted octanol–water partition coefficient (Wildman–Crippen LogP) is 5.14. The van der Waals surface area contributed by atoms with Gasteiger partial charge in [-0.25, -0.2) is 9.97 Å². The number of benzene rings is 1. The van der Waals surface area contributed by atoms with Gasteiger partial charge in [-0.15, -0.1) is 11.3 Å². The van der Waals surface area contributed by atoms with Crippen LogP contribution in [0.4, 0.5) is 0 Å². The summed E-state index contributed by atoms with van der Waals surface area (Å²) in [6.45, 7) is 0. The maximum Gasteiger partial charge on any atom is 0.151 e. The van der Waals surface area contributed by atoms with E-state index >= 15 is 0 Å². The van der Waals surface area contributed by atoms with E-state index in [0.717, 1.165) is 15.9 Å². The lowest BCUT2D eigenvalue weighted by molar-refractivity contribution is 0.442. The number of imidazole rings is 1. The van der Waals surface area contributed by atoms with E-state index in [-0.39, 0.29) is 0 Å². The van der Waals surface area contributed by atoms with Gasteiger partial charge in [0.25, 0.3) is 0 Å². The van der Waals surface area contributed by atoms with Crippen LogP contribution in [0.25, 0.3) is 22.7 Å². The van der Waals surface area contributed by atoms with Gasteiger partial charge in [-0.3, -0.25) is 0 Å². The number of nitriles is 1. The van der Waals surface area contributed by atoms with E-state index in [1.54, 1.807) is 11.3 Å². The van der Waals surface area contributed by atoms with Crippen LogP contribution < -0.4 is 0 Å². The molecule has 2 heterocycles. The Labute approximate surface area is 151 Å². The first kappa shape index (κ1) is 16.0. The number of rotatable bonds is 3. The maximum absolute atomic E-state index is 9.66. The summed E-state index contributed by atoms with van der Waals surface area (Å²) in [5, 5.41) is 10.9. The molecule has 2 aromatic heterocycles. The lowest BCUT2D eigenvalue weighted by Crippen LogP contribution is -2.03. The van der Waals surface area contributed by atoms with Crippen LogP contribution in [0.3, 0.4) is 0 Å². The van der Waals surface area contributed by atoms with E-state index in [9.17, 15) is 5.26 Å². The van der Waals surface area contributed by atoms with E-state index in [2.05, 4.69) is 16.0 Å². The molecular weight excluding hydrogens is 328 g/mol. The smallest absolute Gasteiger partial charge is 0.151 e. The molecule has 5 heteroatoms. The molecule has 0 atom stereocenters. The average Bonchev–Trinajstić information content (AvgIpc) is 3.26. The van der Waals surface area contributed by atoms with Crippen molar-refractivity contribution in [1.29, 1.82) is 5.26 Å². The first-order chi connectivity index (χ1) is 12.3. The van der Waals surface area contributed by atoms with E-state index < -0.39 is 0 Å². The second-order valence-corrected chi connectivity index (χ2v) is 7.68. The Kier molecular flexibility index (Phi) is 4.37. The third kappa shape index (κ3) is 3.10. The molecule has 1 saturated carbocycles. The lowest BCUT2D eigenvalue weighted by Gasteiger charge is -2.18. The molecule has 0 unspecified atom stereocenters. The van der Waals surface area contributed by atoms with Gasteiger partial charge in [0.15, 0.2) is 5.82 Å². The van der Waals surface area contributed by atoms with Crippen molar-refractivity contribution in [3.8, 4) is 6.07 Å². The SMILES string of the molecule is Cn1c(/C(C#N)=C\c2cnc(C3CCCCC3)s2)nc2ccccc21. The Morgan fingerprint density at radius 3 is 2.84 bits per heavy atom. The van der Waals surface area contributed by atoms with Gasteiger partial charge in [0.2, 0.25) is 0 Å². The molecule has 0 radical (unpaired) electrons. The molecule has 0 spiro atoms. The molecular formula is C20H20N4S. The Balaban J connectivity index is 1.67. The normalized spacial score (nSPS) is 16.2. The molecule has 1 aromatic carbocycles. The number of thiazole rings is 1.